The van der Waals surface area contributed by atoms with E-state index in [-0.39, 0.29) is 17.6 Å². The summed E-state index contributed by atoms with van der Waals surface area (Å²) in [6.07, 6.45) is -0.910. The maximum atomic E-state index is 13.6. The van der Waals surface area contributed by atoms with Crippen LogP contribution in [0.25, 0.3) is 5.65 Å². The van der Waals surface area contributed by atoms with Gasteiger partial charge in [0.05, 0.1) is 17.4 Å². The van der Waals surface area contributed by atoms with E-state index in [1.165, 1.54) is 0 Å². The summed E-state index contributed by atoms with van der Waals surface area (Å²) >= 11 is 0. The molecule has 0 spiro atoms. The number of aromatic nitrogens is 4. The van der Waals surface area contributed by atoms with Crippen LogP contribution in [-0.4, -0.2) is 31.0 Å². The van der Waals surface area contributed by atoms with Crippen molar-refractivity contribution in [2.24, 2.45) is 0 Å². The first kappa shape index (κ1) is 18.9. The molecule has 8 heteroatoms. The average Bonchev–Trinajstić information content (AvgIpc) is 3.26. The lowest BCUT2D eigenvalue weighted by Gasteiger charge is -2.22. The number of fused-ring (bicyclic) bond motifs is 1. The van der Waals surface area contributed by atoms with Gasteiger partial charge in [0, 0.05) is 24.5 Å². The zero-order valence-electron chi connectivity index (χ0n) is 15.8. The highest BCUT2D eigenvalue weighted by Gasteiger charge is 2.36. The number of pyridine rings is 1. The van der Waals surface area contributed by atoms with Crippen LogP contribution >= 0.6 is 0 Å². The number of alkyl halides is 3. The fourth-order valence-corrected chi connectivity index (χ4v) is 3.72. The van der Waals surface area contributed by atoms with E-state index in [9.17, 15) is 13.2 Å². The molecule has 0 unspecified atom stereocenters. The van der Waals surface area contributed by atoms with Gasteiger partial charge in [-0.3, -0.25) is 9.88 Å². The number of halogens is 3. The van der Waals surface area contributed by atoms with Crippen LogP contribution in [0, 0.1) is 0 Å². The van der Waals surface area contributed by atoms with Crippen molar-refractivity contribution in [3.05, 3.63) is 59.3 Å². The molecule has 3 aromatic rings. The highest BCUT2D eigenvalue weighted by atomic mass is 19.4. The van der Waals surface area contributed by atoms with Crippen LogP contribution in [0.15, 0.2) is 36.5 Å². The van der Waals surface area contributed by atoms with Gasteiger partial charge in [-0.2, -0.15) is 18.3 Å². The topological polar surface area (TPSA) is 46.3 Å². The number of hydrogen-bond acceptors (Lipinski definition) is 4. The second-order valence-corrected chi connectivity index (χ2v) is 7.51. The third-order valence-electron chi connectivity index (χ3n) is 5.14. The van der Waals surface area contributed by atoms with Crippen LogP contribution in [-0.2, 0) is 12.7 Å². The van der Waals surface area contributed by atoms with E-state index in [1.54, 1.807) is 12.3 Å². The molecule has 0 amide bonds. The molecule has 1 fully saturated rings. The van der Waals surface area contributed by atoms with Crippen molar-refractivity contribution in [3.8, 4) is 0 Å². The Balaban J connectivity index is 1.72. The quantitative estimate of drug-likeness (QED) is 0.654. The van der Waals surface area contributed by atoms with Crippen molar-refractivity contribution in [3.63, 3.8) is 0 Å². The second kappa shape index (κ2) is 7.16. The van der Waals surface area contributed by atoms with Gasteiger partial charge in [0.15, 0.2) is 5.65 Å². The fourth-order valence-electron chi connectivity index (χ4n) is 3.72. The van der Waals surface area contributed by atoms with Crippen LogP contribution in [0.4, 0.5) is 13.2 Å². The molecule has 3 aromatic heterocycles. The molecule has 1 aliphatic heterocycles. The standard InChI is InChI=1S/C20H22F3N5/c1-13(2)15-10-18(20(21,22)23)28-19(25-15)11-16(26-28)17-7-5-9-27(17)12-14-6-3-4-8-24-14/h3-4,6,8,10-11,13,17H,5,7,9,12H2,1-2H3/t17-/m1/s1. The molecule has 0 aliphatic carbocycles. The van der Waals surface area contributed by atoms with Gasteiger partial charge in [-0.25, -0.2) is 9.50 Å². The van der Waals surface area contributed by atoms with Crippen molar-refractivity contribution in [2.75, 3.05) is 6.54 Å². The lowest BCUT2D eigenvalue weighted by Crippen LogP contribution is -2.23. The SMILES string of the molecule is CC(C)c1cc(C(F)(F)F)n2nc([C@H]3CCCN3Cc3ccccn3)cc2n1. The summed E-state index contributed by atoms with van der Waals surface area (Å²) in [4.78, 5) is 11.0. The first-order valence-electron chi connectivity index (χ1n) is 9.44. The summed E-state index contributed by atoms with van der Waals surface area (Å²) in [6, 6.07) is 8.52. The summed E-state index contributed by atoms with van der Waals surface area (Å²) in [7, 11) is 0. The zero-order valence-corrected chi connectivity index (χ0v) is 15.8. The molecular formula is C20H22F3N5. The summed E-state index contributed by atoms with van der Waals surface area (Å²) in [5.74, 6) is -0.100. The minimum atomic E-state index is -4.49. The number of hydrogen-bond donors (Lipinski definition) is 0. The Morgan fingerprint density at radius 1 is 1.21 bits per heavy atom. The maximum absolute atomic E-state index is 13.6. The molecule has 0 N–H and O–H groups in total. The average molecular weight is 389 g/mol. The van der Waals surface area contributed by atoms with Crippen molar-refractivity contribution < 1.29 is 13.2 Å². The summed E-state index contributed by atoms with van der Waals surface area (Å²) in [5, 5.41) is 4.33. The summed E-state index contributed by atoms with van der Waals surface area (Å²) in [5.41, 5.74) is 1.46. The molecule has 4 heterocycles. The minimum Gasteiger partial charge on any atom is -0.289 e. The third kappa shape index (κ3) is 3.61. The van der Waals surface area contributed by atoms with E-state index in [2.05, 4.69) is 20.0 Å². The van der Waals surface area contributed by atoms with Gasteiger partial charge in [-0.1, -0.05) is 19.9 Å². The first-order chi connectivity index (χ1) is 13.3. The molecule has 1 saturated heterocycles. The van der Waals surface area contributed by atoms with E-state index in [4.69, 9.17) is 0 Å². The van der Waals surface area contributed by atoms with Gasteiger partial charge in [-0.15, -0.1) is 0 Å². The van der Waals surface area contributed by atoms with Crippen molar-refractivity contribution >= 4 is 5.65 Å². The predicted molar refractivity (Wildman–Crippen MR) is 98.7 cm³/mol. The molecule has 148 valence electrons. The minimum absolute atomic E-state index is 0.0349. The van der Waals surface area contributed by atoms with Gasteiger partial charge >= 0.3 is 6.18 Å². The predicted octanol–water partition coefficient (Wildman–Crippen LogP) is 4.60. The Morgan fingerprint density at radius 3 is 2.71 bits per heavy atom. The Bertz CT molecular complexity index is 965. The van der Waals surface area contributed by atoms with E-state index in [1.807, 2.05) is 32.0 Å². The normalized spacial score (nSPS) is 18.4. The zero-order chi connectivity index (χ0) is 19.9. The van der Waals surface area contributed by atoms with Crippen LogP contribution in [0.1, 0.15) is 61.4 Å². The lowest BCUT2D eigenvalue weighted by atomic mass is 10.1. The van der Waals surface area contributed by atoms with E-state index >= 15 is 0 Å². The number of likely N-dealkylation sites (tertiary alicyclic amines) is 1. The van der Waals surface area contributed by atoms with Gasteiger partial charge in [0.1, 0.15) is 5.69 Å². The highest BCUT2D eigenvalue weighted by molar-refractivity contribution is 5.44. The van der Waals surface area contributed by atoms with Gasteiger partial charge < -0.3 is 0 Å². The van der Waals surface area contributed by atoms with Gasteiger partial charge in [-0.05, 0) is 43.5 Å². The van der Waals surface area contributed by atoms with Gasteiger partial charge in [0.2, 0.25) is 0 Å². The monoisotopic (exact) mass is 389 g/mol. The molecule has 4 rings (SSSR count). The largest absolute Gasteiger partial charge is 0.433 e. The third-order valence-corrected chi connectivity index (χ3v) is 5.14. The fraction of sp³-hybridized carbons (Fsp3) is 0.450. The summed E-state index contributed by atoms with van der Waals surface area (Å²) in [6.45, 7) is 5.19. The Kier molecular flexibility index (Phi) is 4.82. The number of nitrogens with zero attached hydrogens (tertiary/aromatic N) is 5. The van der Waals surface area contributed by atoms with Crippen LogP contribution in [0.2, 0.25) is 0 Å². The first-order valence-corrected chi connectivity index (χ1v) is 9.44. The van der Waals surface area contributed by atoms with E-state index in [0.717, 1.165) is 35.7 Å². The van der Waals surface area contributed by atoms with Crippen molar-refractivity contribution in [2.45, 2.75) is 51.4 Å². The second-order valence-electron chi connectivity index (χ2n) is 7.51. The molecule has 1 atom stereocenters. The number of rotatable bonds is 4. The molecule has 5 nitrogen and oxygen atoms in total. The Hall–Kier alpha value is -2.48. The molecule has 1 aliphatic rings. The van der Waals surface area contributed by atoms with Crippen LogP contribution < -0.4 is 0 Å². The molecule has 0 bridgehead atoms. The molecule has 28 heavy (non-hydrogen) atoms. The summed E-state index contributed by atoms with van der Waals surface area (Å²) < 4.78 is 41.8. The lowest BCUT2D eigenvalue weighted by molar-refractivity contribution is -0.142. The maximum Gasteiger partial charge on any atom is 0.433 e. The van der Waals surface area contributed by atoms with E-state index in [0.29, 0.717) is 17.9 Å². The van der Waals surface area contributed by atoms with Gasteiger partial charge in [0.25, 0.3) is 0 Å². The molecule has 0 aromatic carbocycles. The van der Waals surface area contributed by atoms with Crippen molar-refractivity contribution in [1.82, 2.24) is 24.5 Å². The van der Waals surface area contributed by atoms with Crippen LogP contribution in [0.5, 0.6) is 0 Å². The Morgan fingerprint density at radius 2 is 2.04 bits per heavy atom. The molecular weight excluding hydrogens is 367 g/mol. The highest BCUT2D eigenvalue weighted by Crippen LogP contribution is 2.35. The smallest absolute Gasteiger partial charge is 0.289 e. The Labute approximate surface area is 161 Å². The molecule has 0 saturated carbocycles. The van der Waals surface area contributed by atoms with Crippen molar-refractivity contribution in [1.29, 1.82) is 0 Å². The molecule has 0 radical (unpaired) electrons. The van der Waals surface area contributed by atoms with Crippen LogP contribution in [0.3, 0.4) is 0 Å². The van der Waals surface area contributed by atoms with E-state index < -0.39 is 11.9 Å².